The molecule has 1 aromatic heterocycles. The van der Waals surface area contributed by atoms with Crippen LogP contribution in [0.15, 0.2) is 4.42 Å². The van der Waals surface area contributed by atoms with Gasteiger partial charge in [0.1, 0.15) is 0 Å². The van der Waals surface area contributed by atoms with E-state index in [4.69, 9.17) is 4.42 Å². The monoisotopic (exact) mass is 208 g/mol. The van der Waals surface area contributed by atoms with Gasteiger partial charge in [-0.1, -0.05) is 11.5 Å². The summed E-state index contributed by atoms with van der Waals surface area (Å²) < 4.78 is 5.70. The molecule has 0 radical (unpaired) electrons. The molecule has 15 heavy (non-hydrogen) atoms. The number of piperazine rings is 1. The van der Waals surface area contributed by atoms with Gasteiger partial charge in [0.05, 0.1) is 0 Å². The third-order valence-corrected chi connectivity index (χ3v) is 3.27. The van der Waals surface area contributed by atoms with E-state index < -0.39 is 0 Å². The first-order chi connectivity index (χ1) is 7.43. The second-order valence-electron chi connectivity index (χ2n) is 4.29. The minimum Gasteiger partial charge on any atom is -0.408 e. The van der Waals surface area contributed by atoms with Crippen LogP contribution in [0.25, 0.3) is 0 Å². The van der Waals surface area contributed by atoms with Crippen LogP contribution in [0.2, 0.25) is 0 Å². The standard InChI is InChI=1S/C10H16N4O/c1-2-8(3-1)9-12-13-10(15-9)14-6-4-11-5-7-14/h8,11H,1-7H2. The molecule has 1 aromatic rings. The molecule has 1 saturated heterocycles. The molecule has 1 saturated carbocycles. The fourth-order valence-corrected chi connectivity index (χ4v) is 2.03. The van der Waals surface area contributed by atoms with Crippen molar-refractivity contribution in [3.63, 3.8) is 0 Å². The van der Waals surface area contributed by atoms with Gasteiger partial charge in [-0.3, -0.25) is 0 Å². The van der Waals surface area contributed by atoms with Crippen LogP contribution in [-0.2, 0) is 0 Å². The first-order valence-electron chi connectivity index (χ1n) is 5.72. The van der Waals surface area contributed by atoms with E-state index in [9.17, 15) is 0 Å². The molecule has 82 valence electrons. The predicted molar refractivity (Wildman–Crippen MR) is 56.0 cm³/mol. The van der Waals surface area contributed by atoms with Crippen molar-refractivity contribution < 1.29 is 4.42 Å². The molecule has 0 atom stereocenters. The first-order valence-corrected chi connectivity index (χ1v) is 5.72. The van der Waals surface area contributed by atoms with E-state index in [2.05, 4.69) is 20.4 Å². The van der Waals surface area contributed by atoms with Crippen molar-refractivity contribution in [2.45, 2.75) is 25.2 Å². The summed E-state index contributed by atoms with van der Waals surface area (Å²) >= 11 is 0. The third kappa shape index (κ3) is 1.71. The van der Waals surface area contributed by atoms with Crippen LogP contribution in [0.1, 0.15) is 31.1 Å². The van der Waals surface area contributed by atoms with Crippen molar-refractivity contribution in [1.29, 1.82) is 0 Å². The zero-order valence-electron chi connectivity index (χ0n) is 8.78. The molecule has 1 aliphatic carbocycles. The Bertz CT molecular complexity index is 328. The first kappa shape index (κ1) is 9.15. The molecule has 2 heterocycles. The molecule has 3 rings (SSSR count). The summed E-state index contributed by atoms with van der Waals surface area (Å²) in [6.07, 6.45) is 3.72. The maximum absolute atomic E-state index is 5.70. The van der Waals surface area contributed by atoms with E-state index in [0.29, 0.717) is 11.9 Å². The largest absolute Gasteiger partial charge is 0.408 e. The number of aromatic nitrogens is 2. The summed E-state index contributed by atoms with van der Waals surface area (Å²) in [5.41, 5.74) is 0. The van der Waals surface area contributed by atoms with Gasteiger partial charge in [-0.05, 0) is 12.8 Å². The van der Waals surface area contributed by atoms with Crippen molar-refractivity contribution in [3.8, 4) is 0 Å². The molecular weight excluding hydrogens is 192 g/mol. The van der Waals surface area contributed by atoms with Crippen molar-refractivity contribution in [2.24, 2.45) is 0 Å². The van der Waals surface area contributed by atoms with Crippen LogP contribution in [0.3, 0.4) is 0 Å². The molecular formula is C10H16N4O. The van der Waals surface area contributed by atoms with Crippen LogP contribution in [0, 0.1) is 0 Å². The summed E-state index contributed by atoms with van der Waals surface area (Å²) in [7, 11) is 0. The Morgan fingerprint density at radius 3 is 2.67 bits per heavy atom. The van der Waals surface area contributed by atoms with Gasteiger partial charge in [-0.15, -0.1) is 5.10 Å². The molecule has 2 fully saturated rings. The number of anilines is 1. The SMILES string of the molecule is C1CC(c2nnc(N3CCNCC3)o2)C1. The Kier molecular flexibility index (Phi) is 2.32. The topological polar surface area (TPSA) is 54.2 Å². The summed E-state index contributed by atoms with van der Waals surface area (Å²) in [6, 6.07) is 0.707. The quantitative estimate of drug-likeness (QED) is 0.777. The Morgan fingerprint density at radius 1 is 1.20 bits per heavy atom. The lowest BCUT2D eigenvalue weighted by Crippen LogP contribution is -2.43. The average molecular weight is 208 g/mol. The Balaban J connectivity index is 1.71. The summed E-state index contributed by atoms with van der Waals surface area (Å²) in [6.45, 7) is 3.93. The van der Waals surface area contributed by atoms with Gasteiger partial charge in [-0.25, -0.2) is 0 Å². The summed E-state index contributed by atoms with van der Waals surface area (Å²) in [5.74, 6) is 1.38. The Morgan fingerprint density at radius 2 is 2.00 bits per heavy atom. The molecule has 2 aliphatic rings. The molecule has 0 unspecified atom stereocenters. The van der Waals surface area contributed by atoms with Gasteiger partial charge in [0, 0.05) is 32.1 Å². The molecule has 0 aromatic carbocycles. The van der Waals surface area contributed by atoms with E-state index in [1.807, 2.05) is 0 Å². The number of hydrogen-bond acceptors (Lipinski definition) is 5. The van der Waals surface area contributed by atoms with Gasteiger partial charge in [0.2, 0.25) is 5.89 Å². The lowest BCUT2D eigenvalue weighted by atomic mass is 9.85. The van der Waals surface area contributed by atoms with Crippen LogP contribution < -0.4 is 10.2 Å². The van der Waals surface area contributed by atoms with Crippen molar-refractivity contribution in [1.82, 2.24) is 15.5 Å². The van der Waals surface area contributed by atoms with Gasteiger partial charge in [0.25, 0.3) is 0 Å². The van der Waals surface area contributed by atoms with Crippen molar-refractivity contribution in [2.75, 3.05) is 31.1 Å². The second kappa shape index (κ2) is 3.81. The number of rotatable bonds is 2. The summed E-state index contributed by atoms with van der Waals surface area (Å²) in [5, 5.41) is 11.6. The van der Waals surface area contributed by atoms with E-state index in [1.54, 1.807) is 0 Å². The highest BCUT2D eigenvalue weighted by atomic mass is 16.4. The van der Waals surface area contributed by atoms with E-state index in [0.717, 1.165) is 32.1 Å². The normalized spacial score (nSPS) is 22.8. The van der Waals surface area contributed by atoms with E-state index in [-0.39, 0.29) is 0 Å². The maximum atomic E-state index is 5.70. The summed E-state index contributed by atoms with van der Waals surface area (Å²) in [4.78, 5) is 2.16. The molecule has 1 aliphatic heterocycles. The smallest absolute Gasteiger partial charge is 0.318 e. The van der Waals surface area contributed by atoms with E-state index in [1.165, 1.54) is 19.3 Å². The maximum Gasteiger partial charge on any atom is 0.318 e. The Hall–Kier alpha value is -1.10. The number of hydrogen-bond donors (Lipinski definition) is 1. The highest BCUT2D eigenvalue weighted by Crippen LogP contribution is 2.36. The molecule has 5 heteroatoms. The fraction of sp³-hybridized carbons (Fsp3) is 0.800. The van der Waals surface area contributed by atoms with Crippen molar-refractivity contribution in [3.05, 3.63) is 5.89 Å². The minimum atomic E-state index is 0.536. The number of nitrogens with one attached hydrogen (secondary N) is 1. The minimum absolute atomic E-state index is 0.536. The van der Waals surface area contributed by atoms with Crippen LogP contribution in [-0.4, -0.2) is 36.4 Å². The van der Waals surface area contributed by atoms with Crippen molar-refractivity contribution >= 4 is 6.01 Å². The highest BCUT2D eigenvalue weighted by molar-refractivity contribution is 5.25. The van der Waals surface area contributed by atoms with Gasteiger partial charge in [-0.2, -0.15) is 0 Å². The molecule has 1 N–H and O–H groups in total. The van der Waals surface area contributed by atoms with Crippen LogP contribution in [0.5, 0.6) is 0 Å². The number of nitrogens with zero attached hydrogens (tertiary/aromatic N) is 3. The van der Waals surface area contributed by atoms with Crippen LogP contribution in [0.4, 0.5) is 6.01 Å². The lowest BCUT2D eigenvalue weighted by Gasteiger charge is -2.25. The Labute approximate surface area is 88.9 Å². The highest BCUT2D eigenvalue weighted by Gasteiger charge is 2.26. The molecule has 0 bridgehead atoms. The zero-order valence-corrected chi connectivity index (χ0v) is 8.78. The fourth-order valence-electron chi connectivity index (χ4n) is 2.03. The third-order valence-electron chi connectivity index (χ3n) is 3.27. The predicted octanol–water partition coefficient (Wildman–Crippen LogP) is 0.747. The molecule has 0 spiro atoms. The van der Waals surface area contributed by atoms with E-state index >= 15 is 0 Å². The molecule has 0 amide bonds. The zero-order chi connectivity index (χ0) is 10.1. The molecule has 5 nitrogen and oxygen atoms in total. The lowest BCUT2D eigenvalue weighted by molar-refractivity contribution is 0.334. The second-order valence-corrected chi connectivity index (χ2v) is 4.29. The van der Waals surface area contributed by atoms with Gasteiger partial charge in [0.15, 0.2) is 0 Å². The van der Waals surface area contributed by atoms with Crippen LogP contribution >= 0.6 is 0 Å². The van der Waals surface area contributed by atoms with Gasteiger partial charge < -0.3 is 14.6 Å². The van der Waals surface area contributed by atoms with Gasteiger partial charge >= 0.3 is 6.01 Å². The average Bonchev–Trinajstić information content (AvgIpc) is 2.66.